The second-order valence-corrected chi connectivity index (χ2v) is 6.78. The Morgan fingerprint density at radius 3 is 2.68 bits per heavy atom. The van der Waals surface area contributed by atoms with E-state index in [9.17, 15) is 18.3 Å². The number of nitrogens with zero attached hydrogens (tertiary/aromatic N) is 2. The van der Waals surface area contributed by atoms with Gasteiger partial charge in [-0.3, -0.25) is 9.89 Å². The van der Waals surface area contributed by atoms with Crippen LogP contribution in [0.25, 0.3) is 0 Å². The van der Waals surface area contributed by atoms with Crippen molar-refractivity contribution in [1.82, 2.24) is 15.5 Å². The van der Waals surface area contributed by atoms with Crippen molar-refractivity contribution in [2.24, 2.45) is 10.9 Å². The highest BCUT2D eigenvalue weighted by atomic mass is 19.4. The number of guanidine groups is 1. The molecule has 6 nitrogen and oxygen atoms in total. The minimum Gasteiger partial charge on any atom is -0.389 e. The second-order valence-electron chi connectivity index (χ2n) is 6.78. The van der Waals surface area contributed by atoms with Gasteiger partial charge in [0, 0.05) is 32.3 Å². The molecule has 25 heavy (non-hydrogen) atoms. The third-order valence-corrected chi connectivity index (χ3v) is 3.58. The molecule has 1 rings (SSSR count). The summed E-state index contributed by atoms with van der Waals surface area (Å²) in [5, 5.41) is 16.1. The number of hydrogen-bond donors (Lipinski definition) is 3. The highest BCUT2D eigenvalue weighted by Crippen LogP contribution is 2.19. The zero-order valence-corrected chi connectivity index (χ0v) is 15.3. The molecule has 0 saturated carbocycles. The van der Waals surface area contributed by atoms with Gasteiger partial charge in [0.15, 0.2) is 5.96 Å². The van der Waals surface area contributed by atoms with Crippen molar-refractivity contribution in [1.29, 1.82) is 0 Å². The van der Waals surface area contributed by atoms with Crippen molar-refractivity contribution in [2.45, 2.75) is 45.5 Å². The van der Waals surface area contributed by atoms with Crippen LogP contribution in [0.2, 0.25) is 0 Å². The van der Waals surface area contributed by atoms with Crippen LogP contribution in [0.5, 0.6) is 0 Å². The quantitative estimate of drug-likeness (QED) is 0.422. The van der Waals surface area contributed by atoms with Crippen LogP contribution in [-0.4, -0.2) is 80.2 Å². The average Bonchev–Trinajstić information content (AvgIpc) is 2.89. The third-order valence-electron chi connectivity index (χ3n) is 3.58. The van der Waals surface area contributed by atoms with Gasteiger partial charge >= 0.3 is 6.18 Å². The van der Waals surface area contributed by atoms with Gasteiger partial charge in [0.1, 0.15) is 0 Å². The number of alkyl halides is 3. The summed E-state index contributed by atoms with van der Waals surface area (Å²) in [6.07, 6.45) is -4.26. The van der Waals surface area contributed by atoms with Crippen LogP contribution in [-0.2, 0) is 4.74 Å². The smallest absolute Gasteiger partial charge is 0.389 e. The zero-order valence-electron chi connectivity index (χ0n) is 15.3. The van der Waals surface area contributed by atoms with E-state index in [1.54, 1.807) is 0 Å². The Balaban J connectivity index is 2.40. The molecule has 0 amide bonds. The van der Waals surface area contributed by atoms with Gasteiger partial charge in [-0.2, -0.15) is 13.2 Å². The van der Waals surface area contributed by atoms with Crippen molar-refractivity contribution in [3.05, 3.63) is 0 Å². The van der Waals surface area contributed by atoms with Gasteiger partial charge in [-0.15, -0.1) is 0 Å². The molecule has 1 aliphatic rings. The molecule has 1 saturated heterocycles. The second kappa shape index (κ2) is 10.8. The van der Waals surface area contributed by atoms with E-state index in [2.05, 4.69) is 15.6 Å². The molecular weight excluding hydrogens is 337 g/mol. The minimum atomic E-state index is -4.17. The van der Waals surface area contributed by atoms with E-state index in [0.29, 0.717) is 44.5 Å². The molecule has 2 atom stereocenters. The van der Waals surface area contributed by atoms with Crippen molar-refractivity contribution in [3.8, 4) is 0 Å². The number of aliphatic hydroxyl groups is 1. The SMILES string of the molecule is CCNC(=NCC(O)COCC(C)C)NC1CCN(CC(F)(F)F)C1. The van der Waals surface area contributed by atoms with E-state index in [0.717, 1.165) is 0 Å². The molecule has 3 N–H and O–H groups in total. The van der Waals surface area contributed by atoms with Crippen LogP contribution in [0.1, 0.15) is 27.2 Å². The first-order valence-electron chi connectivity index (χ1n) is 8.79. The van der Waals surface area contributed by atoms with E-state index in [1.807, 2.05) is 20.8 Å². The summed E-state index contributed by atoms with van der Waals surface area (Å²) in [6, 6.07) is -0.0884. The molecule has 1 fully saturated rings. The van der Waals surface area contributed by atoms with Gasteiger partial charge in [-0.05, 0) is 19.3 Å². The van der Waals surface area contributed by atoms with E-state index < -0.39 is 18.8 Å². The lowest BCUT2D eigenvalue weighted by Gasteiger charge is -2.20. The molecule has 0 spiro atoms. The van der Waals surface area contributed by atoms with Crippen molar-refractivity contribution >= 4 is 5.96 Å². The summed E-state index contributed by atoms with van der Waals surface area (Å²) in [7, 11) is 0. The number of aliphatic imine (C=N–C) groups is 1. The number of rotatable bonds is 9. The molecule has 0 radical (unpaired) electrons. The molecule has 9 heteroatoms. The Morgan fingerprint density at radius 2 is 2.08 bits per heavy atom. The number of aliphatic hydroxyl groups excluding tert-OH is 1. The highest BCUT2D eigenvalue weighted by Gasteiger charge is 2.34. The van der Waals surface area contributed by atoms with Crippen LogP contribution in [0.15, 0.2) is 4.99 Å². The first-order chi connectivity index (χ1) is 11.7. The van der Waals surface area contributed by atoms with Gasteiger partial charge in [0.05, 0.1) is 25.8 Å². The summed E-state index contributed by atoms with van der Waals surface area (Å²) in [6.45, 7) is 7.40. The molecule has 1 heterocycles. The lowest BCUT2D eigenvalue weighted by Crippen LogP contribution is -2.45. The lowest BCUT2D eigenvalue weighted by molar-refractivity contribution is -0.143. The van der Waals surface area contributed by atoms with E-state index >= 15 is 0 Å². The van der Waals surface area contributed by atoms with Crippen molar-refractivity contribution < 1.29 is 23.0 Å². The van der Waals surface area contributed by atoms with E-state index in [1.165, 1.54) is 4.90 Å². The summed E-state index contributed by atoms with van der Waals surface area (Å²) in [5.74, 6) is 0.904. The maximum atomic E-state index is 12.4. The monoisotopic (exact) mass is 368 g/mol. The maximum absolute atomic E-state index is 12.4. The van der Waals surface area contributed by atoms with E-state index in [-0.39, 0.29) is 19.2 Å². The average molecular weight is 368 g/mol. The Morgan fingerprint density at radius 1 is 1.36 bits per heavy atom. The zero-order chi connectivity index (χ0) is 18.9. The minimum absolute atomic E-state index is 0.0884. The molecular formula is C16H31F3N4O2. The molecule has 0 aromatic rings. The number of hydrogen-bond acceptors (Lipinski definition) is 4. The fraction of sp³-hybridized carbons (Fsp3) is 0.938. The molecule has 0 aliphatic carbocycles. The maximum Gasteiger partial charge on any atom is 0.401 e. The summed E-state index contributed by atoms with van der Waals surface area (Å²) < 4.78 is 42.7. The van der Waals surface area contributed by atoms with Crippen LogP contribution >= 0.6 is 0 Å². The van der Waals surface area contributed by atoms with Crippen LogP contribution in [0, 0.1) is 5.92 Å². The van der Waals surface area contributed by atoms with Gasteiger partial charge in [0.2, 0.25) is 0 Å². The van der Waals surface area contributed by atoms with Crippen molar-refractivity contribution in [2.75, 3.05) is 45.9 Å². The van der Waals surface area contributed by atoms with Gasteiger partial charge in [0.25, 0.3) is 0 Å². The fourth-order valence-electron chi connectivity index (χ4n) is 2.55. The van der Waals surface area contributed by atoms with Crippen LogP contribution in [0.4, 0.5) is 13.2 Å². The summed E-state index contributed by atoms with van der Waals surface area (Å²) in [4.78, 5) is 5.68. The third kappa shape index (κ3) is 10.5. The van der Waals surface area contributed by atoms with Gasteiger partial charge in [-0.25, -0.2) is 0 Å². The number of halogens is 3. The molecule has 2 unspecified atom stereocenters. The molecule has 0 aromatic heterocycles. The Bertz CT molecular complexity index is 405. The molecule has 0 bridgehead atoms. The van der Waals surface area contributed by atoms with Crippen molar-refractivity contribution in [3.63, 3.8) is 0 Å². The van der Waals surface area contributed by atoms with Crippen LogP contribution < -0.4 is 10.6 Å². The normalized spacial score (nSPS) is 21.0. The predicted octanol–water partition coefficient (Wildman–Crippen LogP) is 1.21. The van der Waals surface area contributed by atoms with Gasteiger partial charge < -0.3 is 20.5 Å². The number of nitrogens with one attached hydrogen (secondary N) is 2. The summed E-state index contributed by atoms with van der Waals surface area (Å²) >= 11 is 0. The summed E-state index contributed by atoms with van der Waals surface area (Å²) in [5.41, 5.74) is 0. The molecule has 0 aromatic carbocycles. The Hall–Kier alpha value is -1.06. The van der Waals surface area contributed by atoms with Crippen LogP contribution in [0.3, 0.4) is 0 Å². The topological polar surface area (TPSA) is 69.1 Å². The molecule has 148 valence electrons. The number of ether oxygens (including phenoxy) is 1. The first kappa shape index (κ1) is 22.0. The van der Waals surface area contributed by atoms with E-state index in [4.69, 9.17) is 4.74 Å². The predicted molar refractivity (Wildman–Crippen MR) is 91.7 cm³/mol. The Kier molecular flexibility index (Phi) is 9.52. The fourth-order valence-corrected chi connectivity index (χ4v) is 2.55. The first-order valence-corrected chi connectivity index (χ1v) is 8.79. The largest absolute Gasteiger partial charge is 0.401 e. The standard InChI is InChI=1S/C16H31F3N4O2/c1-4-20-15(21-7-14(24)10-25-9-12(2)3)22-13-5-6-23(8-13)11-16(17,18)19/h12-14,24H,4-11H2,1-3H3,(H2,20,21,22). The Labute approximate surface area is 147 Å². The van der Waals surface area contributed by atoms with Gasteiger partial charge in [-0.1, -0.05) is 13.8 Å². The lowest BCUT2D eigenvalue weighted by atomic mass is 10.2. The highest BCUT2D eigenvalue weighted by molar-refractivity contribution is 5.80. The molecule has 1 aliphatic heterocycles. The number of likely N-dealkylation sites (tertiary alicyclic amines) is 1.